The molecule has 2 rings (SSSR count). The highest BCUT2D eigenvalue weighted by Crippen LogP contribution is 2.25. The largest absolute Gasteiger partial charge is 0.444 e. The molecule has 1 fully saturated rings. The zero-order chi connectivity index (χ0) is 22.3. The smallest absolute Gasteiger partial charge is 0.407 e. The van der Waals surface area contributed by atoms with Crippen molar-refractivity contribution in [3.05, 3.63) is 40.4 Å². The Kier molecular flexibility index (Phi) is 8.59. The van der Waals surface area contributed by atoms with Gasteiger partial charge < -0.3 is 19.7 Å². The summed E-state index contributed by atoms with van der Waals surface area (Å²) in [4.78, 5) is 18.5. The zero-order valence-corrected chi connectivity index (χ0v) is 19.7. The van der Waals surface area contributed by atoms with Crippen LogP contribution in [0.3, 0.4) is 0 Å². The van der Waals surface area contributed by atoms with Crippen molar-refractivity contribution in [3.8, 4) is 0 Å². The third-order valence-electron chi connectivity index (χ3n) is 4.90. The molecular formula is C23H34ClN3O3. The molecule has 0 aliphatic carbocycles. The molecule has 1 aromatic carbocycles. The van der Waals surface area contributed by atoms with Gasteiger partial charge in [-0.3, -0.25) is 0 Å². The number of nitrogens with zero attached hydrogens (tertiary/aromatic N) is 2. The SMILES string of the molecule is CC/C(C)=C(\O/C(=N\C)N1CCC(NC(=O)OC(C)(C)C)CC1)c1ccc(Cl)cc1. The van der Waals surface area contributed by atoms with Gasteiger partial charge in [0.2, 0.25) is 0 Å². The van der Waals surface area contributed by atoms with Crippen molar-refractivity contribution in [1.29, 1.82) is 0 Å². The quantitative estimate of drug-likeness (QED) is 0.386. The number of halogens is 1. The summed E-state index contributed by atoms with van der Waals surface area (Å²) >= 11 is 6.04. The number of nitrogens with one attached hydrogen (secondary N) is 1. The molecule has 0 bridgehead atoms. The number of amides is 1. The number of hydrogen-bond acceptors (Lipinski definition) is 4. The second-order valence-electron chi connectivity index (χ2n) is 8.49. The molecule has 0 spiro atoms. The van der Waals surface area contributed by atoms with Crippen LogP contribution in [0.1, 0.15) is 59.4 Å². The molecular weight excluding hydrogens is 402 g/mol. The number of aliphatic imine (C=N–C) groups is 1. The monoisotopic (exact) mass is 435 g/mol. The average Bonchev–Trinajstić information content (AvgIpc) is 2.68. The van der Waals surface area contributed by atoms with Crippen LogP contribution in [0.5, 0.6) is 0 Å². The number of benzene rings is 1. The van der Waals surface area contributed by atoms with Crippen LogP contribution in [0, 0.1) is 0 Å². The highest BCUT2D eigenvalue weighted by atomic mass is 35.5. The first-order valence-corrected chi connectivity index (χ1v) is 10.9. The Hall–Kier alpha value is -2.21. The maximum atomic E-state index is 12.0. The fourth-order valence-electron chi connectivity index (χ4n) is 3.19. The van der Waals surface area contributed by atoms with E-state index in [1.54, 1.807) is 7.05 Å². The minimum Gasteiger partial charge on any atom is -0.444 e. The molecule has 1 N–H and O–H groups in total. The lowest BCUT2D eigenvalue weighted by Gasteiger charge is -2.34. The summed E-state index contributed by atoms with van der Waals surface area (Å²) in [7, 11) is 1.74. The third-order valence-corrected chi connectivity index (χ3v) is 5.15. The van der Waals surface area contributed by atoms with Crippen LogP contribution in [0.4, 0.5) is 4.79 Å². The fourth-order valence-corrected chi connectivity index (χ4v) is 3.31. The van der Waals surface area contributed by atoms with Crippen LogP contribution in [0.25, 0.3) is 5.76 Å². The Morgan fingerprint density at radius 3 is 2.33 bits per heavy atom. The molecule has 1 saturated heterocycles. The molecule has 0 saturated carbocycles. The first-order chi connectivity index (χ1) is 14.1. The molecule has 30 heavy (non-hydrogen) atoms. The third kappa shape index (κ3) is 7.24. The molecule has 0 radical (unpaired) electrons. The molecule has 166 valence electrons. The molecule has 1 heterocycles. The molecule has 7 heteroatoms. The Balaban J connectivity index is 2.01. The number of carbonyl (C=O) groups is 1. The Bertz CT molecular complexity index is 774. The molecule has 0 aromatic heterocycles. The number of likely N-dealkylation sites (tertiary alicyclic amines) is 1. The fraction of sp³-hybridized carbons (Fsp3) is 0.565. The van der Waals surface area contributed by atoms with E-state index in [1.165, 1.54) is 0 Å². The van der Waals surface area contributed by atoms with E-state index in [4.69, 9.17) is 21.1 Å². The number of allylic oxidation sites excluding steroid dienone is 1. The van der Waals surface area contributed by atoms with Crippen LogP contribution in [-0.4, -0.2) is 48.8 Å². The predicted molar refractivity (Wildman–Crippen MR) is 123 cm³/mol. The highest BCUT2D eigenvalue weighted by Gasteiger charge is 2.26. The van der Waals surface area contributed by atoms with Gasteiger partial charge in [-0.1, -0.05) is 18.5 Å². The van der Waals surface area contributed by atoms with Crippen LogP contribution >= 0.6 is 11.6 Å². The van der Waals surface area contributed by atoms with E-state index < -0.39 is 5.60 Å². The van der Waals surface area contributed by atoms with E-state index >= 15 is 0 Å². The molecule has 0 atom stereocenters. The molecule has 1 aliphatic rings. The van der Waals surface area contributed by atoms with Gasteiger partial charge in [-0.15, -0.1) is 0 Å². The summed E-state index contributed by atoms with van der Waals surface area (Å²) in [5.74, 6) is 0.809. The molecule has 1 aliphatic heterocycles. The molecule has 1 amide bonds. The van der Waals surface area contributed by atoms with Crippen LogP contribution < -0.4 is 5.32 Å². The lowest BCUT2D eigenvalue weighted by molar-refractivity contribution is 0.0486. The van der Waals surface area contributed by atoms with E-state index in [2.05, 4.69) is 29.1 Å². The average molecular weight is 436 g/mol. The van der Waals surface area contributed by atoms with Gasteiger partial charge in [0.25, 0.3) is 6.02 Å². The van der Waals surface area contributed by atoms with E-state index in [1.807, 2.05) is 45.0 Å². The van der Waals surface area contributed by atoms with Gasteiger partial charge in [0.05, 0.1) is 0 Å². The summed E-state index contributed by atoms with van der Waals surface area (Å²) in [5, 5.41) is 3.65. The number of amidine groups is 1. The predicted octanol–water partition coefficient (Wildman–Crippen LogP) is 5.47. The Morgan fingerprint density at radius 2 is 1.83 bits per heavy atom. The normalized spacial score (nSPS) is 16.8. The van der Waals surface area contributed by atoms with Crippen molar-refractivity contribution < 1.29 is 14.3 Å². The van der Waals surface area contributed by atoms with Crippen LogP contribution in [0.15, 0.2) is 34.8 Å². The van der Waals surface area contributed by atoms with Crippen molar-refractivity contribution in [2.24, 2.45) is 4.99 Å². The Labute approximate surface area is 185 Å². The summed E-state index contributed by atoms with van der Waals surface area (Å²) in [5.41, 5.74) is 1.61. The van der Waals surface area contributed by atoms with Crippen LogP contribution in [-0.2, 0) is 9.47 Å². The van der Waals surface area contributed by atoms with Crippen molar-refractivity contribution in [2.75, 3.05) is 20.1 Å². The second kappa shape index (κ2) is 10.7. The second-order valence-corrected chi connectivity index (χ2v) is 8.92. The van der Waals surface area contributed by atoms with E-state index in [-0.39, 0.29) is 12.1 Å². The summed E-state index contributed by atoms with van der Waals surface area (Å²) < 4.78 is 11.7. The van der Waals surface area contributed by atoms with Gasteiger partial charge in [-0.05, 0) is 76.8 Å². The lowest BCUT2D eigenvalue weighted by Crippen LogP contribution is -2.48. The van der Waals surface area contributed by atoms with Crippen molar-refractivity contribution in [1.82, 2.24) is 10.2 Å². The summed E-state index contributed by atoms with van der Waals surface area (Å²) in [6, 6.07) is 8.31. The van der Waals surface area contributed by atoms with E-state index in [0.29, 0.717) is 11.0 Å². The van der Waals surface area contributed by atoms with Crippen molar-refractivity contribution in [2.45, 2.75) is 65.5 Å². The van der Waals surface area contributed by atoms with Crippen molar-refractivity contribution >= 4 is 29.5 Å². The van der Waals surface area contributed by atoms with Gasteiger partial charge in [0.15, 0.2) is 0 Å². The number of alkyl carbamates (subject to hydrolysis) is 1. The molecule has 6 nitrogen and oxygen atoms in total. The van der Waals surface area contributed by atoms with E-state index in [0.717, 1.165) is 49.2 Å². The summed E-state index contributed by atoms with van der Waals surface area (Å²) in [6.07, 6.45) is 2.10. The first-order valence-electron chi connectivity index (χ1n) is 10.5. The van der Waals surface area contributed by atoms with Gasteiger partial charge in [-0.2, -0.15) is 0 Å². The Morgan fingerprint density at radius 1 is 1.23 bits per heavy atom. The molecule has 0 unspecified atom stereocenters. The minimum atomic E-state index is -0.498. The summed E-state index contributed by atoms with van der Waals surface area (Å²) in [6.45, 7) is 11.2. The number of piperidine rings is 1. The standard InChI is InChI=1S/C23H34ClN3O3/c1-7-16(2)20(17-8-10-18(24)11-9-17)29-21(25-6)27-14-12-19(13-15-27)26-22(28)30-23(3,4)5/h8-11,19H,7,12-15H2,1-6H3,(H,26,28)/b20-16-,25-21-. The topological polar surface area (TPSA) is 63.2 Å². The number of ether oxygens (including phenoxy) is 2. The number of hydrogen-bond donors (Lipinski definition) is 1. The van der Waals surface area contributed by atoms with Gasteiger partial charge in [-0.25, -0.2) is 9.79 Å². The lowest BCUT2D eigenvalue weighted by atomic mass is 10.1. The zero-order valence-electron chi connectivity index (χ0n) is 18.9. The van der Waals surface area contributed by atoms with Crippen molar-refractivity contribution in [3.63, 3.8) is 0 Å². The maximum Gasteiger partial charge on any atom is 0.407 e. The molecule has 1 aromatic rings. The number of carbonyl (C=O) groups excluding carboxylic acids is 1. The van der Waals surface area contributed by atoms with Gasteiger partial charge >= 0.3 is 6.09 Å². The van der Waals surface area contributed by atoms with Gasteiger partial charge in [0, 0.05) is 36.8 Å². The van der Waals surface area contributed by atoms with Gasteiger partial charge in [0.1, 0.15) is 11.4 Å². The highest BCUT2D eigenvalue weighted by molar-refractivity contribution is 6.30. The minimum absolute atomic E-state index is 0.0814. The number of rotatable bonds is 4. The maximum absolute atomic E-state index is 12.0. The van der Waals surface area contributed by atoms with E-state index in [9.17, 15) is 4.79 Å². The van der Waals surface area contributed by atoms with Crippen LogP contribution in [0.2, 0.25) is 5.02 Å². The first kappa shape index (κ1) is 24.1.